The number of para-hydroxylation sites is 1. The van der Waals surface area contributed by atoms with E-state index < -0.39 is 0 Å². The summed E-state index contributed by atoms with van der Waals surface area (Å²) in [5.74, 6) is 2.15. The van der Waals surface area contributed by atoms with Gasteiger partial charge in [0.05, 0.1) is 10.9 Å². The van der Waals surface area contributed by atoms with Gasteiger partial charge in [-0.25, -0.2) is 9.97 Å². The summed E-state index contributed by atoms with van der Waals surface area (Å²) in [6, 6.07) is 59.1. The number of hydrogen-bond acceptors (Lipinski definition) is 4. The van der Waals surface area contributed by atoms with Gasteiger partial charge in [-0.2, -0.15) is 0 Å². The van der Waals surface area contributed by atoms with Gasteiger partial charge in [-0.05, 0) is 68.2 Å². The molecule has 0 amide bonds. The van der Waals surface area contributed by atoms with Gasteiger partial charge in [0.1, 0.15) is 28.3 Å². The molecule has 11 rings (SSSR count). The molecule has 2 aromatic heterocycles. The molecule has 52 heavy (non-hydrogen) atoms. The Hall–Kier alpha value is -7.04. The summed E-state index contributed by atoms with van der Waals surface area (Å²) < 4.78 is 13.5. The molecule has 1 aliphatic heterocycles. The van der Waals surface area contributed by atoms with E-state index in [0.717, 1.165) is 77.5 Å². The van der Waals surface area contributed by atoms with Gasteiger partial charge in [-0.1, -0.05) is 146 Å². The van der Waals surface area contributed by atoms with Gasteiger partial charge in [0.2, 0.25) is 0 Å². The summed E-state index contributed by atoms with van der Waals surface area (Å²) in [5, 5.41) is 5.47. The van der Waals surface area contributed by atoms with Crippen molar-refractivity contribution >= 4 is 43.6 Å². The average Bonchev–Trinajstić information content (AvgIpc) is 3.60. The fourth-order valence-electron chi connectivity index (χ4n) is 7.90. The summed E-state index contributed by atoms with van der Waals surface area (Å²) in [6.07, 6.45) is 0. The number of benzene rings is 8. The molecule has 242 valence electrons. The van der Waals surface area contributed by atoms with Crippen LogP contribution in [0.2, 0.25) is 0 Å². The van der Waals surface area contributed by atoms with Gasteiger partial charge < -0.3 is 9.15 Å². The second-order valence-corrected chi connectivity index (χ2v) is 13.3. The van der Waals surface area contributed by atoms with Crippen LogP contribution in [0.1, 0.15) is 0 Å². The third kappa shape index (κ3) is 4.34. The van der Waals surface area contributed by atoms with Gasteiger partial charge in [-0.15, -0.1) is 0 Å². The molecule has 0 saturated heterocycles. The normalized spacial score (nSPS) is 12.0. The van der Waals surface area contributed by atoms with Crippen molar-refractivity contribution in [1.82, 2.24) is 9.97 Å². The highest BCUT2D eigenvalue weighted by atomic mass is 16.5. The lowest BCUT2D eigenvalue weighted by Crippen LogP contribution is -2.02. The minimum atomic E-state index is 0.587. The van der Waals surface area contributed by atoms with Crippen LogP contribution in [0.15, 0.2) is 174 Å². The van der Waals surface area contributed by atoms with E-state index in [1.807, 2.05) is 24.3 Å². The van der Waals surface area contributed by atoms with E-state index in [0.29, 0.717) is 11.4 Å². The van der Waals surface area contributed by atoms with Crippen LogP contribution < -0.4 is 4.74 Å². The molecule has 10 aromatic rings. The Morgan fingerprint density at radius 2 is 1.12 bits per heavy atom. The number of aromatic nitrogens is 2. The highest BCUT2D eigenvalue weighted by Crippen LogP contribution is 2.52. The van der Waals surface area contributed by atoms with E-state index in [1.165, 1.54) is 22.3 Å². The number of rotatable bonds is 4. The molecule has 3 heterocycles. The van der Waals surface area contributed by atoms with Crippen LogP contribution in [-0.4, -0.2) is 9.97 Å². The molecule has 1 aliphatic rings. The van der Waals surface area contributed by atoms with Crippen molar-refractivity contribution in [3.8, 4) is 67.5 Å². The van der Waals surface area contributed by atoms with Gasteiger partial charge in [-0.3, -0.25) is 0 Å². The Morgan fingerprint density at radius 1 is 0.423 bits per heavy atom. The molecule has 0 bridgehead atoms. The Kier molecular flexibility index (Phi) is 6.22. The maximum atomic E-state index is 6.91. The van der Waals surface area contributed by atoms with E-state index in [2.05, 4.69) is 146 Å². The second kappa shape index (κ2) is 11.2. The predicted molar refractivity (Wildman–Crippen MR) is 212 cm³/mol. The van der Waals surface area contributed by atoms with Crippen molar-refractivity contribution in [2.24, 2.45) is 0 Å². The highest BCUT2D eigenvalue weighted by Gasteiger charge is 2.27. The largest absolute Gasteiger partial charge is 0.455 e. The fourth-order valence-corrected chi connectivity index (χ4v) is 7.90. The van der Waals surface area contributed by atoms with Crippen LogP contribution in [-0.2, 0) is 0 Å². The Morgan fingerprint density at radius 3 is 2.00 bits per heavy atom. The Bertz CT molecular complexity index is 3040. The van der Waals surface area contributed by atoms with Gasteiger partial charge in [0.25, 0.3) is 0 Å². The predicted octanol–water partition coefficient (Wildman–Crippen LogP) is 13.1. The van der Waals surface area contributed by atoms with E-state index in [9.17, 15) is 0 Å². The maximum absolute atomic E-state index is 6.91. The lowest BCUT2D eigenvalue weighted by molar-refractivity contribution is 0.488. The Labute approximate surface area is 299 Å². The molecule has 0 N–H and O–H groups in total. The number of furan rings is 1. The first kappa shape index (κ1) is 28.8. The summed E-state index contributed by atoms with van der Waals surface area (Å²) in [5.41, 5.74) is 11.6. The zero-order chi connectivity index (χ0) is 34.2. The van der Waals surface area contributed by atoms with E-state index in [-0.39, 0.29) is 0 Å². The molecule has 0 unspecified atom stereocenters. The monoisotopic (exact) mass is 664 g/mol. The molecule has 0 fully saturated rings. The van der Waals surface area contributed by atoms with E-state index in [1.54, 1.807) is 0 Å². The third-order valence-electron chi connectivity index (χ3n) is 10.3. The molecule has 0 aliphatic carbocycles. The molecule has 0 atom stereocenters. The SMILES string of the molecule is c1ccc(-c2cccc(-c3ccc4c5c(cccc35)-c3cccc(-c5nc(-c6ccccc6)c6oc7ccc8ccccc8c7c6n5)c3O4)c2)cc1. The highest BCUT2D eigenvalue weighted by molar-refractivity contribution is 6.19. The molecule has 0 spiro atoms. The van der Waals surface area contributed by atoms with Crippen molar-refractivity contribution in [1.29, 1.82) is 0 Å². The zero-order valence-corrected chi connectivity index (χ0v) is 27.9. The lowest BCUT2D eigenvalue weighted by Gasteiger charge is -2.24. The summed E-state index contributed by atoms with van der Waals surface area (Å²) in [6.45, 7) is 0. The quantitative estimate of drug-likeness (QED) is 0.188. The number of nitrogens with zero attached hydrogens (tertiary/aromatic N) is 2. The Balaban J connectivity index is 1.12. The van der Waals surface area contributed by atoms with Crippen LogP contribution in [0, 0.1) is 0 Å². The van der Waals surface area contributed by atoms with Gasteiger partial charge in [0.15, 0.2) is 11.4 Å². The first-order chi connectivity index (χ1) is 25.8. The summed E-state index contributed by atoms with van der Waals surface area (Å²) in [4.78, 5) is 10.5. The molecule has 0 saturated carbocycles. The zero-order valence-electron chi connectivity index (χ0n) is 27.9. The van der Waals surface area contributed by atoms with Crippen LogP contribution in [0.3, 0.4) is 0 Å². The molecule has 8 aromatic carbocycles. The fraction of sp³-hybridized carbons (Fsp3) is 0. The van der Waals surface area contributed by atoms with E-state index >= 15 is 0 Å². The standard InChI is InChI=1S/C48H28N2O2/c1-3-12-29(13-4-1)32-17-9-18-33(28-32)34-25-27-40-42-36(34)20-10-21-37(42)38-22-11-23-39(46(38)51-40)48-49-44(31-15-5-2-6-16-31)47-45(50-48)43-35-19-8-7-14-30(35)24-26-41(43)52-47/h1-28H. The van der Waals surface area contributed by atoms with Crippen molar-refractivity contribution in [3.05, 3.63) is 170 Å². The average molecular weight is 665 g/mol. The first-order valence-electron chi connectivity index (χ1n) is 17.5. The van der Waals surface area contributed by atoms with E-state index in [4.69, 9.17) is 19.1 Å². The molecule has 0 radical (unpaired) electrons. The number of fused-ring (bicyclic) bond motifs is 7. The van der Waals surface area contributed by atoms with Crippen LogP contribution >= 0.6 is 0 Å². The van der Waals surface area contributed by atoms with Crippen molar-refractivity contribution in [2.45, 2.75) is 0 Å². The van der Waals surface area contributed by atoms with Crippen molar-refractivity contribution in [3.63, 3.8) is 0 Å². The molecular formula is C48H28N2O2. The third-order valence-corrected chi connectivity index (χ3v) is 10.3. The minimum Gasteiger partial charge on any atom is -0.455 e. The molecule has 4 heteroatoms. The summed E-state index contributed by atoms with van der Waals surface area (Å²) in [7, 11) is 0. The smallest absolute Gasteiger partial charge is 0.180 e. The lowest BCUT2D eigenvalue weighted by atomic mass is 9.89. The summed E-state index contributed by atoms with van der Waals surface area (Å²) >= 11 is 0. The van der Waals surface area contributed by atoms with Crippen molar-refractivity contribution in [2.75, 3.05) is 0 Å². The van der Waals surface area contributed by atoms with Crippen molar-refractivity contribution < 1.29 is 9.15 Å². The second-order valence-electron chi connectivity index (χ2n) is 13.3. The van der Waals surface area contributed by atoms with Gasteiger partial charge in [0, 0.05) is 16.5 Å². The number of ether oxygens (including phenoxy) is 1. The van der Waals surface area contributed by atoms with Crippen LogP contribution in [0.4, 0.5) is 0 Å². The maximum Gasteiger partial charge on any atom is 0.180 e. The number of hydrogen-bond donors (Lipinski definition) is 0. The topological polar surface area (TPSA) is 48.2 Å². The van der Waals surface area contributed by atoms with Crippen LogP contribution in [0.25, 0.3) is 99.6 Å². The minimum absolute atomic E-state index is 0.587. The van der Waals surface area contributed by atoms with Gasteiger partial charge >= 0.3 is 0 Å². The molecular weight excluding hydrogens is 637 g/mol. The van der Waals surface area contributed by atoms with Crippen LogP contribution in [0.5, 0.6) is 11.5 Å². The molecule has 4 nitrogen and oxygen atoms in total. The first-order valence-corrected chi connectivity index (χ1v) is 17.5.